The molecular formula is C22H23NO3. The molecule has 2 aromatic carbocycles. The molecule has 0 fully saturated rings. The van der Waals surface area contributed by atoms with Crippen LogP contribution in [0.25, 0.3) is 0 Å². The molecule has 0 aliphatic heterocycles. The average molecular weight is 349 g/mol. The van der Waals surface area contributed by atoms with E-state index in [1.807, 2.05) is 48.5 Å². The first-order valence-electron chi connectivity index (χ1n) is 8.95. The fourth-order valence-electron chi connectivity index (χ4n) is 3.06. The number of rotatable bonds is 6. The number of benzene rings is 2. The van der Waals surface area contributed by atoms with E-state index in [0.29, 0.717) is 6.42 Å². The molecule has 0 bridgehead atoms. The fourth-order valence-corrected chi connectivity index (χ4v) is 3.06. The molecule has 0 radical (unpaired) electrons. The largest absolute Gasteiger partial charge is 0.455 e. The van der Waals surface area contributed by atoms with Gasteiger partial charge in [0.2, 0.25) is 0 Å². The van der Waals surface area contributed by atoms with Crippen LogP contribution in [0.5, 0.6) is 0 Å². The van der Waals surface area contributed by atoms with Gasteiger partial charge in [-0.05, 0) is 42.9 Å². The lowest BCUT2D eigenvalue weighted by atomic mass is 9.95. The highest BCUT2D eigenvalue weighted by atomic mass is 16.5. The molecule has 0 saturated heterocycles. The molecule has 1 atom stereocenters. The van der Waals surface area contributed by atoms with Crippen LogP contribution in [0.1, 0.15) is 30.4 Å². The van der Waals surface area contributed by atoms with E-state index < -0.39 is 0 Å². The van der Waals surface area contributed by atoms with Gasteiger partial charge >= 0.3 is 5.97 Å². The van der Waals surface area contributed by atoms with Crippen molar-refractivity contribution in [1.82, 2.24) is 0 Å². The second-order valence-corrected chi connectivity index (χ2v) is 6.46. The standard InChI is InChI=1S/C22H23NO3/c24-21(16-26-22(25)18-11-5-2-6-12-18)23-20-14-8-7-13-19(20)15-17-9-3-1-4-10-17/h1-5,7-10,13-14,18H,6,11-12,15-16H2,(H,23,24)/t18-/m0/s1. The Labute approximate surface area is 153 Å². The maximum absolute atomic E-state index is 12.2. The number of nitrogens with one attached hydrogen (secondary N) is 1. The van der Waals surface area contributed by atoms with Crippen molar-refractivity contribution in [3.8, 4) is 0 Å². The number of anilines is 1. The van der Waals surface area contributed by atoms with Crippen molar-refractivity contribution < 1.29 is 14.3 Å². The molecule has 1 amide bonds. The predicted molar refractivity (Wildman–Crippen MR) is 102 cm³/mol. The fraction of sp³-hybridized carbons (Fsp3) is 0.273. The van der Waals surface area contributed by atoms with E-state index in [0.717, 1.165) is 30.5 Å². The molecule has 134 valence electrons. The molecule has 0 aromatic heterocycles. The van der Waals surface area contributed by atoms with Gasteiger partial charge in [-0.2, -0.15) is 0 Å². The first-order valence-corrected chi connectivity index (χ1v) is 8.95. The van der Waals surface area contributed by atoms with E-state index in [1.165, 1.54) is 5.56 Å². The first-order chi connectivity index (χ1) is 12.7. The highest BCUT2D eigenvalue weighted by Crippen LogP contribution is 2.20. The summed E-state index contributed by atoms with van der Waals surface area (Å²) < 4.78 is 5.19. The van der Waals surface area contributed by atoms with Gasteiger partial charge in [0.05, 0.1) is 5.92 Å². The van der Waals surface area contributed by atoms with Crippen LogP contribution in [0.3, 0.4) is 0 Å². The summed E-state index contributed by atoms with van der Waals surface area (Å²) >= 11 is 0. The first kappa shape index (κ1) is 17.9. The van der Waals surface area contributed by atoms with Crippen molar-refractivity contribution in [2.45, 2.75) is 25.7 Å². The Morgan fingerprint density at radius 1 is 1.00 bits per heavy atom. The monoisotopic (exact) mass is 349 g/mol. The van der Waals surface area contributed by atoms with E-state index in [4.69, 9.17) is 4.74 Å². The minimum absolute atomic E-state index is 0.127. The van der Waals surface area contributed by atoms with E-state index in [2.05, 4.69) is 23.5 Å². The topological polar surface area (TPSA) is 55.4 Å². The van der Waals surface area contributed by atoms with E-state index >= 15 is 0 Å². The number of para-hydroxylation sites is 1. The molecule has 0 heterocycles. The van der Waals surface area contributed by atoms with Crippen molar-refractivity contribution >= 4 is 17.6 Å². The van der Waals surface area contributed by atoms with Crippen molar-refractivity contribution in [3.05, 3.63) is 77.9 Å². The highest BCUT2D eigenvalue weighted by Gasteiger charge is 2.21. The normalized spacial score (nSPS) is 16.1. The van der Waals surface area contributed by atoms with Gasteiger partial charge in [-0.15, -0.1) is 0 Å². The second-order valence-electron chi connectivity index (χ2n) is 6.46. The van der Waals surface area contributed by atoms with Gasteiger partial charge in [-0.25, -0.2) is 0 Å². The molecule has 0 unspecified atom stereocenters. The number of esters is 1. The Kier molecular flexibility index (Phi) is 6.20. The number of hydrogen-bond acceptors (Lipinski definition) is 3. The summed E-state index contributed by atoms with van der Waals surface area (Å²) in [6.45, 7) is -0.251. The van der Waals surface area contributed by atoms with Crippen LogP contribution in [0.15, 0.2) is 66.7 Å². The second kappa shape index (κ2) is 8.99. The molecule has 1 N–H and O–H groups in total. The summed E-state index contributed by atoms with van der Waals surface area (Å²) in [7, 11) is 0. The number of carbonyl (C=O) groups is 2. The van der Waals surface area contributed by atoms with E-state index in [-0.39, 0.29) is 24.4 Å². The Morgan fingerprint density at radius 2 is 1.77 bits per heavy atom. The average Bonchev–Trinajstić information content (AvgIpc) is 2.69. The molecule has 0 spiro atoms. The van der Waals surface area contributed by atoms with Crippen LogP contribution in [-0.4, -0.2) is 18.5 Å². The van der Waals surface area contributed by atoms with Crippen LogP contribution < -0.4 is 5.32 Å². The summed E-state index contributed by atoms with van der Waals surface area (Å²) in [5.41, 5.74) is 2.94. The summed E-state index contributed by atoms with van der Waals surface area (Å²) in [5, 5.41) is 2.86. The van der Waals surface area contributed by atoms with Crippen LogP contribution in [0.2, 0.25) is 0 Å². The summed E-state index contributed by atoms with van der Waals surface area (Å²) in [5.74, 6) is -0.731. The molecule has 3 rings (SSSR count). The quantitative estimate of drug-likeness (QED) is 0.630. The third kappa shape index (κ3) is 5.06. The number of amides is 1. The van der Waals surface area contributed by atoms with Gasteiger partial charge in [-0.1, -0.05) is 60.7 Å². The molecule has 4 heteroatoms. The highest BCUT2D eigenvalue weighted by molar-refractivity contribution is 5.93. The summed E-state index contributed by atoms with van der Waals surface area (Å²) in [4.78, 5) is 24.2. The summed E-state index contributed by atoms with van der Waals surface area (Å²) in [6.07, 6.45) is 7.16. The molecule has 0 saturated carbocycles. The smallest absolute Gasteiger partial charge is 0.309 e. The lowest BCUT2D eigenvalue weighted by Crippen LogP contribution is -2.25. The lowest BCUT2D eigenvalue weighted by Gasteiger charge is -2.16. The van der Waals surface area contributed by atoms with Gasteiger partial charge in [0.15, 0.2) is 6.61 Å². The zero-order valence-electron chi connectivity index (χ0n) is 14.7. The van der Waals surface area contributed by atoms with Crippen LogP contribution in [0, 0.1) is 5.92 Å². The van der Waals surface area contributed by atoms with Crippen molar-refractivity contribution in [3.63, 3.8) is 0 Å². The number of hydrogen-bond donors (Lipinski definition) is 1. The molecule has 26 heavy (non-hydrogen) atoms. The Bertz CT molecular complexity index is 783. The third-order valence-electron chi connectivity index (χ3n) is 4.48. The van der Waals surface area contributed by atoms with Crippen LogP contribution in [0.4, 0.5) is 5.69 Å². The Hall–Kier alpha value is -2.88. The summed E-state index contributed by atoms with van der Waals surface area (Å²) in [6, 6.07) is 17.8. The van der Waals surface area contributed by atoms with Crippen molar-refractivity contribution in [1.29, 1.82) is 0 Å². The molecule has 2 aromatic rings. The van der Waals surface area contributed by atoms with Crippen LogP contribution in [-0.2, 0) is 20.7 Å². The zero-order valence-corrected chi connectivity index (χ0v) is 14.7. The van der Waals surface area contributed by atoms with E-state index in [9.17, 15) is 9.59 Å². The number of carbonyl (C=O) groups excluding carboxylic acids is 2. The third-order valence-corrected chi connectivity index (χ3v) is 4.48. The SMILES string of the molecule is O=C(COC(=O)[C@H]1CC=CCC1)Nc1ccccc1Cc1ccccc1. The van der Waals surface area contributed by atoms with Gasteiger partial charge in [0, 0.05) is 5.69 Å². The van der Waals surface area contributed by atoms with Gasteiger partial charge in [-0.3, -0.25) is 9.59 Å². The lowest BCUT2D eigenvalue weighted by molar-refractivity contribution is -0.151. The molecular weight excluding hydrogens is 326 g/mol. The maximum Gasteiger partial charge on any atom is 0.309 e. The Balaban J connectivity index is 1.55. The number of allylic oxidation sites excluding steroid dienone is 2. The maximum atomic E-state index is 12.2. The van der Waals surface area contributed by atoms with Gasteiger partial charge < -0.3 is 10.1 Å². The molecule has 1 aliphatic rings. The number of ether oxygens (including phenoxy) is 1. The van der Waals surface area contributed by atoms with Gasteiger partial charge in [0.25, 0.3) is 5.91 Å². The molecule has 1 aliphatic carbocycles. The molecule has 4 nitrogen and oxygen atoms in total. The van der Waals surface area contributed by atoms with Crippen molar-refractivity contribution in [2.24, 2.45) is 5.92 Å². The van der Waals surface area contributed by atoms with Crippen LogP contribution >= 0.6 is 0 Å². The minimum atomic E-state index is -0.315. The predicted octanol–water partition coefficient (Wildman–Crippen LogP) is 4.12. The van der Waals surface area contributed by atoms with Crippen molar-refractivity contribution in [2.75, 3.05) is 11.9 Å². The van der Waals surface area contributed by atoms with E-state index in [1.54, 1.807) is 0 Å². The van der Waals surface area contributed by atoms with Gasteiger partial charge in [0.1, 0.15) is 0 Å². The zero-order chi connectivity index (χ0) is 18.2. The Morgan fingerprint density at radius 3 is 2.54 bits per heavy atom. The minimum Gasteiger partial charge on any atom is -0.455 e.